The molecule has 0 aliphatic carbocycles. The molecule has 84 valence electrons. The summed E-state index contributed by atoms with van der Waals surface area (Å²) in [6, 6.07) is 13.7. The summed E-state index contributed by atoms with van der Waals surface area (Å²) >= 11 is 3.28. The van der Waals surface area contributed by atoms with Gasteiger partial charge in [-0.2, -0.15) is 5.26 Å². The van der Waals surface area contributed by atoms with E-state index in [2.05, 4.69) is 22.0 Å². The van der Waals surface area contributed by atoms with Crippen molar-refractivity contribution in [1.82, 2.24) is 0 Å². The van der Waals surface area contributed by atoms with Crippen LogP contribution in [0.3, 0.4) is 0 Å². The van der Waals surface area contributed by atoms with Crippen LogP contribution in [0, 0.1) is 11.3 Å². The van der Waals surface area contributed by atoms with Crippen molar-refractivity contribution in [3.8, 4) is 23.3 Å². The highest BCUT2D eigenvalue weighted by Gasteiger charge is 2.03. The minimum absolute atomic E-state index is 0.148. The highest BCUT2D eigenvalue weighted by Crippen LogP contribution is 2.28. The van der Waals surface area contributed by atoms with Crippen molar-refractivity contribution in [2.75, 3.05) is 0 Å². The van der Waals surface area contributed by atoms with Crippen molar-refractivity contribution in [3.63, 3.8) is 0 Å². The molecule has 0 unspecified atom stereocenters. The average Bonchev–Trinajstić information content (AvgIpc) is 2.29. The summed E-state index contributed by atoms with van der Waals surface area (Å²) in [6.07, 6.45) is 0. The smallest absolute Gasteiger partial charge is 0.131 e. The SMILES string of the molecule is N#Cc1ccc(Oc2cccc(O)c2)cc1Br. The van der Waals surface area contributed by atoms with E-state index < -0.39 is 0 Å². The summed E-state index contributed by atoms with van der Waals surface area (Å²) in [5, 5.41) is 18.1. The zero-order chi connectivity index (χ0) is 12.3. The summed E-state index contributed by atoms with van der Waals surface area (Å²) in [7, 11) is 0. The van der Waals surface area contributed by atoms with Crippen LogP contribution in [0.4, 0.5) is 0 Å². The number of halogens is 1. The molecule has 0 radical (unpaired) electrons. The fourth-order valence-corrected chi connectivity index (χ4v) is 1.78. The number of nitrogens with zero attached hydrogens (tertiary/aromatic N) is 1. The molecule has 0 spiro atoms. The van der Waals surface area contributed by atoms with Crippen molar-refractivity contribution >= 4 is 15.9 Å². The van der Waals surface area contributed by atoms with Crippen molar-refractivity contribution in [2.24, 2.45) is 0 Å². The van der Waals surface area contributed by atoms with Gasteiger partial charge in [0.25, 0.3) is 0 Å². The zero-order valence-electron chi connectivity index (χ0n) is 8.72. The van der Waals surface area contributed by atoms with Gasteiger partial charge in [0.05, 0.1) is 5.56 Å². The summed E-state index contributed by atoms with van der Waals surface area (Å²) in [5.74, 6) is 1.29. The third-order valence-electron chi connectivity index (χ3n) is 2.11. The van der Waals surface area contributed by atoms with Gasteiger partial charge in [-0.1, -0.05) is 6.07 Å². The van der Waals surface area contributed by atoms with Gasteiger partial charge < -0.3 is 9.84 Å². The van der Waals surface area contributed by atoms with Crippen LogP contribution in [0.2, 0.25) is 0 Å². The molecule has 2 aromatic rings. The Labute approximate surface area is 107 Å². The van der Waals surface area contributed by atoms with Crippen molar-refractivity contribution in [2.45, 2.75) is 0 Å². The van der Waals surface area contributed by atoms with Gasteiger partial charge in [-0.25, -0.2) is 0 Å². The Bertz CT molecular complexity index is 590. The van der Waals surface area contributed by atoms with Crippen LogP contribution in [0.5, 0.6) is 17.2 Å². The summed E-state index contributed by atoms with van der Waals surface area (Å²) in [6.45, 7) is 0. The lowest BCUT2D eigenvalue weighted by atomic mass is 10.2. The van der Waals surface area contributed by atoms with Crippen LogP contribution in [0.1, 0.15) is 5.56 Å². The van der Waals surface area contributed by atoms with Crippen molar-refractivity contribution < 1.29 is 9.84 Å². The Morgan fingerprint density at radius 3 is 2.53 bits per heavy atom. The molecule has 0 heterocycles. The number of benzene rings is 2. The van der Waals surface area contributed by atoms with Gasteiger partial charge in [0.1, 0.15) is 23.3 Å². The molecule has 1 N–H and O–H groups in total. The molecule has 0 aliphatic heterocycles. The van der Waals surface area contributed by atoms with E-state index in [0.717, 1.165) is 0 Å². The number of phenolic OH excluding ortho intramolecular Hbond substituents is 1. The van der Waals surface area contributed by atoms with Gasteiger partial charge in [0.15, 0.2) is 0 Å². The van der Waals surface area contributed by atoms with Crippen LogP contribution in [0.15, 0.2) is 46.9 Å². The summed E-state index contributed by atoms with van der Waals surface area (Å²) in [5.41, 5.74) is 0.549. The lowest BCUT2D eigenvalue weighted by Gasteiger charge is -2.06. The lowest BCUT2D eigenvalue weighted by molar-refractivity contribution is 0.455. The second kappa shape index (κ2) is 4.89. The second-order valence-corrected chi connectivity index (χ2v) is 4.21. The molecule has 3 nitrogen and oxygen atoms in total. The van der Waals surface area contributed by atoms with Crippen LogP contribution < -0.4 is 4.74 Å². The molecule has 0 aliphatic rings. The second-order valence-electron chi connectivity index (χ2n) is 3.35. The summed E-state index contributed by atoms with van der Waals surface area (Å²) in [4.78, 5) is 0. The maximum absolute atomic E-state index is 9.30. The van der Waals surface area contributed by atoms with E-state index in [0.29, 0.717) is 21.5 Å². The highest BCUT2D eigenvalue weighted by molar-refractivity contribution is 9.10. The van der Waals surface area contributed by atoms with Crippen LogP contribution >= 0.6 is 15.9 Å². The minimum Gasteiger partial charge on any atom is -0.508 e. The van der Waals surface area contributed by atoms with Crippen LogP contribution in [-0.4, -0.2) is 5.11 Å². The molecule has 0 saturated heterocycles. The zero-order valence-corrected chi connectivity index (χ0v) is 10.3. The van der Waals surface area contributed by atoms with Gasteiger partial charge in [-0.15, -0.1) is 0 Å². The average molecular weight is 290 g/mol. The van der Waals surface area contributed by atoms with E-state index >= 15 is 0 Å². The Kier molecular flexibility index (Phi) is 3.31. The number of aromatic hydroxyl groups is 1. The number of hydrogen-bond acceptors (Lipinski definition) is 3. The first-order valence-corrected chi connectivity index (χ1v) is 5.65. The van der Waals surface area contributed by atoms with Gasteiger partial charge in [-0.3, -0.25) is 0 Å². The molecule has 0 bridgehead atoms. The number of hydrogen-bond donors (Lipinski definition) is 1. The van der Waals surface area contributed by atoms with E-state index in [1.807, 2.05) is 0 Å². The topological polar surface area (TPSA) is 53.2 Å². The van der Waals surface area contributed by atoms with E-state index in [9.17, 15) is 5.11 Å². The van der Waals surface area contributed by atoms with E-state index in [4.69, 9.17) is 10.00 Å². The Morgan fingerprint density at radius 2 is 1.88 bits per heavy atom. The molecular formula is C13H8BrNO2. The standard InChI is InChI=1S/C13H8BrNO2/c14-13-7-12(5-4-9(13)8-15)17-11-3-1-2-10(16)6-11/h1-7,16H. The molecule has 0 amide bonds. The Morgan fingerprint density at radius 1 is 1.12 bits per heavy atom. The first-order chi connectivity index (χ1) is 8.19. The minimum atomic E-state index is 0.148. The Hall–Kier alpha value is -1.99. The molecule has 2 rings (SSSR count). The molecule has 4 heteroatoms. The fraction of sp³-hybridized carbons (Fsp3) is 0. The largest absolute Gasteiger partial charge is 0.508 e. The number of rotatable bonds is 2. The first-order valence-electron chi connectivity index (χ1n) is 4.85. The molecule has 0 fully saturated rings. The van der Waals surface area contributed by atoms with Gasteiger partial charge >= 0.3 is 0 Å². The summed E-state index contributed by atoms with van der Waals surface area (Å²) < 4.78 is 6.22. The molecule has 0 atom stereocenters. The number of ether oxygens (including phenoxy) is 1. The first kappa shape index (κ1) is 11.5. The molecular weight excluding hydrogens is 282 g/mol. The Balaban J connectivity index is 2.25. The molecule has 0 aromatic heterocycles. The third-order valence-corrected chi connectivity index (χ3v) is 2.77. The lowest BCUT2D eigenvalue weighted by Crippen LogP contribution is -1.85. The van der Waals surface area contributed by atoms with Crippen molar-refractivity contribution in [1.29, 1.82) is 5.26 Å². The molecule has 2 aromatic carbocycles. The maximum Gasteiger partial charge on any atom is 0.131 e. The number of nitriles is 1. The maximum atomic E-state index is 9.30. The fourth-order valence-electron chi connectivity index (χ4n) is 1.33. The third kappa shape index (κ3) is 2.77. The monoisotopic (exact) mass is 289 g/mol. The van der Waals surface area contributed by atoms with Gasteiger partial charge in [0, 0.05) is 10.5 Å². The van der Waals surface area contributed by atoms with Gasteiger partial charge in [-0.05, 0) is 46.3 Å². The van der Waals surface area contributed by atoms with E-state index in [1.54, 1.807) is 36.4 Å². The highest BCUT2D eigenvalue weighted by atomic mass is 79.9. The molecule has 17 heavy (non-hydrogen) atoms. The van der Waals surface area contributed by atoms with Crippen LogP contribution in [0.25, 0.3) is 0 Å². The predicted molar refractivity (Wildman–Crippen MR) is 67.0 cm³/mol. The number of phenols is 1. The molecule has 0 saturated carbocycles. The predicted octanol–water partition coefficient (Wildman–Crippen LogP) is 3.82. The van der Waals surface area contributed by atoms with E-state index in [-0.39, 0.29) is 5.75 Å². The van der Waals surface area contributed by atoms with Crippen LogP contribution in [-0.2, 0) is 0 Å². The quantitative estimate of drug-likeness (QED) is 0.914. The van der Waals surface area contributed by atoms with Crippen molar-refractivity contribution in [3.05, 3.63) is 52.5 Å². The van der Waals surface area contributed by atoms with E-state index in [1.165, 1.54) is 6.07 Å². The normalized spacial score (nSPS) is 9.65. The van der Waals surface area contributed by atoms with Gasteiger partial charge in [0.2, 0.25) is 0 Å².